The van der Waals surface area contributed by atoms with Crippen LogP contribution in [-0.2, 0) is 11.3 Å². The van der Waals surface area contributed by atoms with Crippen LogP contribution in [0, 0.1) is 0 Å². The van der Waals surface area contributed by atoms with E-state index in [0.29, 0.717) is 18.8 Å². The van der Waals surface area contributed by atoms with E-state index in [-0.39, 0.29) is 4.87 Å². The van der Waals surface area contributed by atoms with Crippen LogP contribution in [0.25, 0.3) is 10.1 Å². The zero-order valence-corrected chi connectivity index (χ0v) is 18.8. The highest BCUT2D eigenvalue weighted by Crippen LogP contribution is 2.31. The van der Waals surface area contributed by atoms with E-state index < -0.39 is 5.97 Å². The normalized spacial score (nSPS) is 15.0. The third-order valence-electron chi connectivity index (χ3n) is 5.56. The van der Waals surface area contributed by atoms with E-state index in [1.54, 1.807) is 28.2 Å². The number of nitrogens with zero attached hydrogens (tertiary/aromatic N) is 3. The molecule has 3 heterocycles. The van der Waals surface area contributed by atoms with Gasteiger partial charge in [0, 0.05) is 53.9 Å². The van der Waals surface area contributed by atoms with E-state index in [0.717, 1.165) is 56.9 Å². The number of esters is 1. The molecule has 0 N–H and O–H groups in total. The average molecular weight is 446 g/mol. The molecule has 0 saturated carbocycles. The van der Waals surface area contributed by atoms with Crippen molar-refractivity contribution in [1.82, 2.24) is 9.47 Å². The van der Waals surface area contributed by atoms with Crippen LogP contribution in [0.2, 0.25) is 0 Å². The van der Waals surface area contributed by atoms with Gasteiger partial charge in [-0.25, -0.2) is 4.79 Å². The molecule has 0 atom stereocenters. The minimum Gasteiger partial charge on any atom is -0.461 e. The Kier molecular flexibility index (Phi) is 6.86. The van der Waals surface area contributed by atoms with Gasteiger partial charge >= 0.3 is 10.8 Å². The van der Waals surface area contributed by atoms with Gasteiger partial charge in [-0.15, -0.1) is 11.3 Å². The van der Waals surface area contributed by atoms with Crippen molar-refractivity contribution in [3.05, 3.63) is 50.4 Å². The van der Waals surface area contributed by atoms with Crippen LogP contribution in [0.3, 0.4) is 0 Å². The van der Waals surface area contributed by atoms with Crippen molar-refractivity contribution < 1.29 is 9.53 Å². The monoisotopic (exact) mass is 445 g/mol. The maximum atomic E-state index is 12.0. The first kappa shape index (κ1) is 21.1. The highest BCUT2D eigenvalue weighted by atomic mass is 32.1. The van der Waals surface area contributed by atoms with Crippen molar-refractivity contribution in [3.8, 4) is 0 Å². The molecule has 4 rings (SSSR count). The first-order chi connectivity index (χ1) is 14.7. The number of thiazole rings is 1. The Hall–Kier alpha value is -2.16. The molecule has 3 aromatic rings. The number of anilines is 1. The number of carbonyl (C=O) groups excluding carboxylic acids is 1. The molecule has 30 heavy (non-hydrogen) atoms. The molecule has 1 saturated heterocycles. The van der Waals surface area contributed by atoms with E-state index in [4.69, 9.17) is 4.74 Å². The summed E-state index contributed by atoms with van der Waals surface area (Å²) in [5, 5.41) is 5.12. The van der Waals surface area contributed by atoms with Crippen LogP contribution < -0.4 is 9.77 Å². The van der Waals surface area contributed by atoms with Gasteiger partial charge in [0.05, 0.1) is 6.61 Å². The van der Waals surface area contributed by atoms with Crippen LogP contribution in [-0.4, -0.2) is 54.8 Å². The summed E-state index contributed by atoms with van der Waals surface area (Å²) in [5.74, 6) is -0.410. The van der Waals surface area contributed by atoms with Gasteiger partial charge in [0.2, 0.25) is 0 Å². The molecule has 0 radical (unpaired) electrons. The lowest BCUT2D eigenvalue weighted by Gasteiger charge is -2.36. The topological polar surface area (TPSA) is 54.8 Å². The Morgan fingerprint density at radius 1 is 1.07 bits per heavy atom. The first-order valence-corrected chi connectivity index (χ1v) is 12.2. The van der Waals surface area contributed by atoms with Crippen molar-refractivity contribution in [2.75, 3.05) is 44.2 Å². The van der Waals surface area contributed by atoms with Crippen LogP contribution in [0.5, 0.6) is 0 Å². The zero-order valence-electron chi connectivity index (χ0n) is 17.2. The van der Waals surface area contributed by atoms with Crippen LogP contribution in [0.4, 0.5) is 5.69 Å². The Morgan fingerprint density at radius 3 is 2.67 bits per heavy atom. The van der Waals surface area contributed by atoms with Crippen LogP contribution in [0.15, 0.2) is 39.8 Å². The highest BCUT2D eigenvalue weighted by Gasteiger charge is 2.19. The molecule has 8 heteroatoms. The van der Waals surface area contributed by atoms with Gasteiger partial charge in [0.1, 0.15) is 5.69 Å². The van der Waals surface area contributed by atoms with Gasteiger partial charge in [0.25, 0.3) is 0 Å². The number of aromatic nitrogens is 1. The minimum atomic E-state index is -0.410. The average Bonchev–Trinajstić information content (AvgIpc) is 3.38. The molecule has 0 unspecified atom stereocenters. The van der Waals surface area contributed by atoms with Gasteiger partial charge in [-0.2, -0.15) is 0 Å². The molecule has 0 spiro atoms. The zero-order chi connectivity index (χ0) is 20.9. The van der Waals surface area contributed by atoms with Crippen molar-refractivity contribution >= 4 is 44.4 Å². The van der Waals surface area contributed by atoms with Gasteiger partial charge in [-0.05, 0) is 49.9 Å². The highest BCUT2D eigenvalue weighted by molar-refractivity contribution is 7.17. The predicted octanol–water partition coefficient (Wildman–Crippen LogP) is 3.90. The van der Waals surface area contributed by atoms with Gasteiger partial charge in [0.15, 0.2) is 0 Å². The molecular formula is C22H27N3O3S2. The lowest BCUT2D eigenvalue weighted by Crippen LogP contribution is -2.46. The third-order valence-corrected chi connectivity index (χ3v) is 7.20. The molecular weight excluding hydrogens is 418 g/mol. The summed E-state index contributed by atoms with van der Waals surface area (Å²) in [5.41, 5.74) is 1.72. The molecule has 0 amide bonds. The Labute approximate surface area is 184 Å². The number of thiophene rings is 1. The number of ether oxygens (including phenoxy) is 1. The van der Waals surface area contributed by atoms with Gasteiger partial charge in [-0.3, -0.25) is 14.3 Å². The van der Waals surface area contributed by atoms with Crippen molar-refractivity contribution in [3.63, 3.8) is 0 Å². The fraction of sp³-hybridized carbons (Fsp3) is 0.455. The van der Waals surface area contributed by atoms with Gasteiger partial charge in [-0.1, -0.05) is 17.4 Å². The Bertz CT molecular complexity index is 1050. The smallest absolute Gasteiger partial charge is 0.355 e. The molecule has 2 aromatic heterocycles. The molecule has 1 fully saturated rings. The summed E-state index contributed by atoms with van der Waals surface area (Å²) < 4.78 is 7.95. The quantitative estimate of drug-likeness (QED) is 0.389. The summed E-state index contributed by atoms with van der Waals surface area (Å²) in [6.07, 6.45) is 1.88. The van der Waals surface area contributed by atoms with Crippen LogP contribution >= 0.6 is 22.7 Å². The summed E-state index contributed by atoms with van der Waals surface area (Å²) >= 11 is 2.86. The number of piperazine rings is 1. The molecule has 6 nitrogen and oxygen atoms in total. The maximum Gasteiger partial charge on any atom is 0.355 e. The number of hydrogen-bond donors (Lipinski definition) is 0. The van der Waals surface area contributed by atoms with Crippen LogP contribution in [0.1, 0.15) is 30.3 Å². The summed E-state index contributed by atoms with van der Waals surface area (Å²) in [6.45, 7) is 7.83. The molecule has 0 aliphatic carbocycles. The van der Waals surface area contributed by atoms with Gasteiger partial charge < -0.3 is 9.64 Å². The third kappa shape index (κ3) is 4.61. The van der Waals surface area contributed by atoms with Crippen molar-refractivity contribution in [2.45, 2.75) is 26.3 Å². The van der Waals surface area contributed by atoms with Crippen molar-refractivity contribution in [2.24, 2.45) is 0 Å². The fourth-order valence-corrected chi connectivity index (χ4v) is 5.54. The van der Waals surface area contributed by atoms with E-state index in [2.05, 4.69) is 39.4 Å². The number of fused-ring (bicyclic) bond motifs is 1. The number of rotatable bonds is 8. The molecule has 0 bridgehead atoms. The lowest BCUT2D eigenvalue weighted by atomic mass is 10.1. The first-order valence-electron chi connectivity index (χ1n) is 10.5. The SMILES string of the molecule is CCOC(=O)c1csc(=O)n1CCCCN1CCN(c2cccc3sccc23)CC1. The fourth-order valence-electron chi connectivity index (χ4n) is 3.98. The largest absolute Gasteiger partial charge is 0.461 e. The Balaban J connectivity index is 1.24. The second-order valence-electron chi connectivity index (χ2n) is 7.40. The lowest BCUT2D eigenvalue weighted by molar-refractivity contribution is 0.0513. The number of unbranched alkanes of at least 4 members (excludes halogenated alkanes) is 1. The standard InChI is InChI=1S/C22H27N3O3S2/c1-2-28-21(26)19-16-30-22(27)25(19)10-4-3-9-23-11-13-24(14-12-23)18-6-5-7-20-17(18)8-15-29-20/h5-8,15-16H,2-4,9-14H2,1H3. The summed E-state index contributed by atoms with van der Waals surface area (Å²) in [6, 6.07) is 8.78. The van der Waals surface area contributed by atoms with E-state index >= 15 is 0 Å². The number of carbonyl (C=O) groups is 1. The van der Waals surface area contributed by atoms with E-state index in [1.807, 2.05) is 0 Å². The summed E-state index contributed by atoms with van der Waals surface area (Å²) in [7, 11) is 0. The summed E-state index contributed by atoms with van der Waals surface area (Å²) in [4.78, 5) is 28.9. The molecule has 1 aliphatic heterocycles. The molecule has 160 valence electrons. The Morgan fingerprint density at radius 2 is 1.87 bits per heavy atom. The number of hydrogen-bond acceptors (Lipinski definition) is 7. The second-order valence-corrected chi connectivity index (χ2v) is 9.17. The predicted molar refractivity (Wildman–Crippen MR) is 124 cm³/mol. The molecule has 1 aliphatic rings. The number of benzene rings is 1. The van der Waals surface area contributed by atoms with E-state index in [9.17, 15) is 9.59 Å². The maximum absolute atomic E-state index is 12.0. The van der Waals surface area contributed by atoms with Crippen molar-refractivity contribution in [1.29, 1.82) is 0 Å². The minimum absolute atomic E-state index is 0.0886. The molecule has 1 aromatic carbocycles. The van der Waals surface area contributed by atoms with E-state index in [1.165, 1.54) is 15.8 Å². The second kappa shape index (κ2) is 9.76.